The summed E-state index contributed by atoms with van der Waals surface area (Å²) < 4.78 is 10.7. The van der Waals surface area contributed by atoms with Gasteiger partial charge in [0.15, 0.2) is 0 Å². The van der Waals surface area contributed by atoms with Crippen molar-refractivity contribution in [3.05, 3.63) is 47.4 Å². The summed E-state index contributed by atoms with van der Waals surface area (Å²) in [6.07, 6.45) is 1.56. The van der Waals surface area contributed by atoms with E-state index < -0.39 is 18.0 Å². The lowest BCUT2D eigenvalue weighted by atomic mass is 10.2. The summed E-state index contributed by atoms with van der Waals surface area (Å²) in [4.78, 5) is 22.3. The van der Waals surface area contributed by atoms with Crippen LogP contribution in [0.15, 0.2) is 41.0 Å². The molecule has 0 aliphatic heterocycles. The summed E-state index contributed by atoms with van der Waals surface area (Å²) in [5.74, 6) is 0.634. The number of imide groups is 1. The van der Waals surface area contributed by atoms with Crippen molar-refractivity contribution >= 4 is 29.2 Å². The van der Waals surface area contributed by atoms with Crippen molar-refractivity contribution in [2.24, 2.45) is 5.73 Å². The highest BCUT2D eigenvalue weighted by Crippen LogP contribution is 2.28. The average molecular weight is 338 g/mol. The summed E-state index contributed by atoms with van der Waals surface area (Å²) in [7, 11) is 0. The Labute approximate surface area is 137 Å². The van der Waals surface area contributed by atoms with E-state index in [1.807, 2.05) is 5.32 Å². The minimum Gasteiger partial charge on any atom is -0.484 e. The van der Waals surface area contributed by atoms with Crippen LogP contribution in [0, 0.1) is 0 Å². The van der Waals surface area contributed by atoms with Crippen LogP contribution in [0.3, 0.4) is 0 Å². The van der Waals surface area contributed by atoms with E-state index in [1.165, 1.54) is 0 Å². The van der Waals surface area contributed by atoms with Crippen molar-refractivity contribution < 1.29 is 18.7 Å². The largest absolute Gasteiger partial charge is 0.484 e. The number of nitrogens with one attached hydrogen (secondary N) is 2. The predicted molar refractivity (Wildman–Crippen MR) is 85.3 cm³/mol. The highest BCUT2D eigenvalue weighted by molar-refractivity contribution is 6.32. The first-order valence-corrected chi connectivity index (χ1v) is 7.15. The Morgan fingerprint density at radius 1 is 1.39 bits per heavy atom. The third kappa shape index (κ3) is 4.93. The first-order chi connectivity index (χ1) is 11.0. The van der Waals surface area contributed by atoms with Gasteiger partial charge in [-0.1, -0.05) is 11.6 Å². The van der Waals surface area contributed by atoms with Crippen LogP contribution < -0.4 is 21.1 Å². The second kappa shape index (κ2) is 7.55. The number of amides is 3. The molecule has 1 unspecified atom stereocenters. The number of anilines is 1. The first-order valence-electron chi connectivity index (χ1n) is 6.77. The van der Waals surface area contributed by atoms with Gasteiger partial charge in [0, 0.05) is 5.69 Å². The molecule has 0 aliphatic rings. The average Bonchev–Trinajstić information content (AvgIpc) is 2.99. The maximum atomic E-state index is 11.6. The summed E-state index contributed by atoms with van der Waals surface area (Å²) in [6, 6.07) is 7.00. The van der Waals surface area contributed by atoms with Gasteiger partial charge >= 0.3 is 6.03 Å². The number of carbonyl (C=O) groups excluding carboxylic acids is 2. The van der Waals surface area contributed by atoms with Gasteiger partial charge in [0.25, 0.3) is 0 Å². The summed E-state index contributed by atoms with van der Waals surface area (Å²) in [5.41, 5.74) is 5.50. The van der Waals surface area contributed by atoms with Gasteiger partial charge in [0.2, 0.25) is 5.91 Å². The molecule has 2 rings (SSSR count). The van der Waals surface area contributed by atoms with Crippen molar-refractivity contribution in [2.75, 3.05) is 5.32 Å². The lowest BCUT2D eigenvalue weighted by Crippen LogP contribution is -2.43. The van der Waals surface area contributed by atoms with Crippen LogP contribution in [-0.2, 0) is 11.4 Å². The van der Waals surface area contributed by atoms with Crippen molar-refractivity contribution in [3.63, 3.8) is 0 Å². The molecule has 0 saturated heterocycles. The Kier molecular flexibility index (Phi) is 5.48. The molecule has 3 amide bonds. The molecule has 1 atom stereocenters. The molecule has 0 bridgehead atoms. The van der Waals surface area contributed by atoms with Gasteiger partial charge in [-0.2, -0.15) is 0 Å². The molecule has 0 radical (unpaired) electrons. The number of halogens is 1. The van der Waals surface area contributed by atoms with Gasteiger partial charge in [-0.15, -0.1) is 0 Å². The van der Waals surface area contributed by atoms with Crippen LogP contribution in [0.2, 0.25) is 5.02 Å². The lowest BCUT2D eigenvalue weighted by Gasteiger charge is -2.15. The van der Waals surface area contributed by atoms with E-state index in [2.05, 4.69) is 5.32 Å². The Morgan fingerprint density at radius 3 is 2.78 bits per heavy atom. The molecule has 4 N–H and O–H groups in total. The number of nitrogens with two attached hydrogens (primary N) is 1. The van der Waals surface area contributed by atoms with E-state index in [0.717, 1.165) is 0 Å². The summed E-state index contributed by atoms with van der Waals surface area (Å²) >= 11 is 6.15. The van der Waals surface area contributed by atoms with E-state index in [9.17, 15) is 9.59 Å². The standard InChI is InChI=1S/C15H16ClN3O4/c1-9(14(20)19-15(17)21)18-10-4-5-13(12(16)7-10)23-8-11-3-2-6-22-11/h2-7,9,18H,8H2,1H3,(H3,17,19,20,21). The highest BCUT2D eigenvalue weighted by Gasteiger charge is 2.14. The number of rotatable bonds is 6. The van der Waals surface area contributed by atoms with Crippen molar-refractivity contribution in [2.45, 2.75) is 19.6 Å². The van der Waals surface area contributed by atoms with Crippen molar-refractivity contribution in [3.8, 4) is 5.75 Å². The fourth-order valence-corrected chi connectivity index (χ4v) is 2.03. The molecule has 23 heavy (non-hydrogen) atoms. The van der Waals surface area contributed by atoms with Gasteiger partial charge in [-0.05, 0) is 37.3 Å². The maximum absolute atomic E-state index is 11.6. The van der Waals surface area contributed by atoms with Crippen molar-refractivity contribution in [1.29, 1.82) is 0 Å². The number of furan rings is 1. The Balaban J connectivity index is 1.95. The monoisotopic (exact) mass is 337 g/mol. The fraction of sp³-hybridized carbons (Fsp3) is 0.200. The molecule has 0 fully saturated rings. The predicted octanol–water partition coefficient (Wildman–Crippen LogP) is 2.51. The van der Waals surface area contributed by atoms with Gasteiger partial charge in [-0.3, -0.25) is 10.1 Å². The zero-order valence-electron chi connectivity index (χ0n) is 12.3. The number of hydrogen-bond acceptors (Lipinski definition) is 5. The number of ether oxygens (including phenoxy) is 1. The Hall–Kier alpha value is -2.67. The fourth-order valence-electron chi connectivity index (χ4n) is 1.80. The molecule has 0 spiro atoms. The molecule has 8 heteroatoms. The number of carbonyl (C=O) groups is 2. The number of hydrogen-bond donors (Lipinski definition) is 3. The van der Waals surface area contributed by atoms with Gasteiger partial charge < -0.3 is 20.2 Å². The molecule has 1 aromatic carbocycles. The first kappa shape index (κ1) is 16.7. The zero-order valence-corrected chi connectivity index (χ0v) is 13.1. The third-order valence-corrected chi connectivity index (χ3v) is 3.20. The zero-order chi connectivity index (χ0) is 16.8. The maximum Gasteiger partial charge on any atom is 0.318 e. The quantitative estimate of drug-likeness (QED) is 0.750. The van der Waals surface area contributed by atoms with Crippen LogP contribution in [0.4, 0.5) is 10.5 Å². The van der Waals surface area contributed by atoms with Crippen LogP contribution >= 0.6 is 11.6 Å². The van der Waals surface area contributed by atoms with E-state index >= 15 is 0 Å². The highest BCUT2D eigenvalue weighted by atomic mass is 35.5. The molecular weight excluding hydrogens is 322 g/mol. The SMILES string of the molecule is CC(Nc1ccc(OCc2ccco2)c(Cl)c1)C(=O)NC(N)=O. The van der Waals surface area contributed by atoms with E-state index in [4.69, 9.17) is 26.5 Å². The van der Waals surface area contributed by atoms with Gasteiger partial charge in [-0.25, -0.2) is 4.79 Å². The number of primary amides is 1. The van der Waals surface area contributed by atoms with Crippen LogP contribution in [0.1, 0.15) is 12.7 Å². The minimum atomic E-state index is -0.900. The number of urea groups is 1. The van der Waals surface area contributed by atoms with E-state index in [1.54, 1.807) is 43.5 Å². The van der Waals surface area contributed by atoms with E-state index in [-0.39, 0.29) is 6.61 Å². The molecule has 7 nitrogen and oxygen atoms in total. The Morgan fingerprint density at radius 2 is 2.17 bits per heavy atom. The van der Waals surface area contributed by atoms with Gasteiger partial charge in [0.1, 0.15) is 24.2 Å². The molecule has 0 saturated carbocycles. The van der Waals surface area contributed by atoms with E-state index in [0.29, 0.717) is 22.2 Å². The van der Waals surface area contributed by atoms with Crippen LogP contribution in [-0.4, -0.2) is 18.0 Å². The summed E-state index contributed by atoms with van der Waals surface area (Å²) in [6.45, 7) is 1.85. The molecular formula is C15H16ClN3O4. The van der Waals surface area contributed by atoms with Crippen LogP contribution in [0.5, 0.6) is 5.75 Å². The topological polar surface area (TPSA) is 107 Å². The molecule has 1 heterocycles. The molecule has 0 aliphatic carbocycles. The second-order valence-corrected chi connectivity index (χ2v) is 5.14. The Bertz CT molecular complexity index is 688. The van der Waals surface area contributed by atoms with Crippen molar-refractivity contribution in [1.82, 2.24) is 5.32 Å². The van der Waals surface area contributed by atoms with Gasteiger partial charge in [0.05, 0.1) is 11.3 Å². The smallest absolute Gasteiger partial charge is 0.318 e. The number of benzene rings is 1. The summed E-state index contributed by atoms with van der Waals surface area (Å²) in [5, 5.41) is 5.28. The molecule has 2 aromatic rings. The normalized spacial score (nSPS) is 11.6. The minimum absolute atomic E-state index is 0.261. The lowest BCUT2D eigenvalue weighted by molar-refractivity contribution is -0.120. The molecule has 1 aromatic heterocycles. The van der Waals surface area contributed by atoms with Crippen LogP contribution in [0.25, 0.3) is 0 Å². The third-order valence-electron chi connectivity index (χ3n) is 2.90. The second-order valence-electron chi connectivity index (χ2n) is 4.73. The molecule has 122 valence electrons.